The highest BCUT2D eigenvalue weighted by atomic mass is 19.1. The van der Waals surface area contributed by atoms with E-state index in [0.29, 0.717) is 23.2 Å². The molecule has 0 unspecified atom stereocenters. The van der Waals surface area contributed by atoms with Crippen molar-refractivity contribution in [3.8, 4) is 22.6 Å². The molecule has 0 fully saturated rings. The Morgan fingerprint density at radius 3 is 2.67 bits per heavy atom. The van der Waals surface area contributed by atoms with Crippen molar-refractivity contribution in [1.82, 2.24) is 0 Å². The molecule has 0 spiro atoms. The molecule has 0 atom stereocenters. The Morgan fingerprint density at radius 2 is 2.00 bits per heavy atom. The minimum atomic E-state index is -0.397. The first-order valence-corrected chi connectivity index (χ1v) is 5.28. The van der Waals surface area contributed by atoms with E-state index >= 15 is 0 Å². The molecule has 3 nitrogen and oxygen atoms in total. The molecule has 0 amide bonds. The number of phenolic OH excluding ortho intramolecular Hbond substituents is 1. The SMILES string of the molecule is COc1ccc(F)cc1-c1ccc(O)c(C=O)c1. The number of carbonyl (C=O) groups is 1. The van der Waals surface area contributed by atoms with Gasteiger partial charge >= 0.3 is 0 Å². The zero-order valence-corrected chi connectivity index (χ0v) is 9.68. The number of benzene rings is 2. The lowest BCUT2D eigenvalue weighted by molar-refractivity contribution is 0.112. The van der Waals surface area contributed by atoms with Gasteiger partial charge in [-0.15, -0.1) is 0 Å². The van der Waals surface area contributed by atoms with Gasteiger partial charge in [0.1, 0.15) is 17.3 Å². The van der Waals surface area contributed by atoms with Crippen LogP contribution in [0.3, 0.4) is 0 Å². The van der Waals surface area contributed by atoms with Crippen molar-refractivity contribution < 1.29 is 19.0 Å². The molecule has 0 saturated carbocycles. The maximum atomic E-state index is 13.3. The molecule has 0 saturated heterocycles. The van der Waals surface area contributed by atoms with Gasteiger partial charge in [-0.3, -0.25) is 4.79 Å². The molecule has 0 aliphatic heterocycles. The second kappa shape index (κ2) is 4.87. The van der Waals surface area contributed by atoms with E-state index < -0.39 is 5.82 Å². The van der Waals surface area contributed by atoms with Gasteiger partial charge in [0.25, 0.3) is 0 Å². The Balaban J connectivity index is 2.60. The topological polar surface area (TPSA) is 46.5 Å². The summed E-state index contributed by atoms with van der Waals surface area (Å²) in [5.74, 6) is -0.00501. The van der Waals surface area contributed by atoms with Crippen LogP contribution in [0.15, 0.2) is 36.4 Å². The zero-order chi connectivity index (χ0) is 13.1. The van der Waals surface area contributed by atoms with Gasteiger partial charge in [-0.25, -0.2) is 4.39 Å². The first-order valence-electron chi connectivity index (χ1n) is 5.28. The fourth-order valence-corrected chi connectivity index (χ4v) is 1.72. The highest BCUT2D eigenvalue weighted by Crippen LogP contribution is 2.32. The molecule has 0 bridgehead atoms. The van der Waals surface area contributed by atoms with Crippen LogP contribution in [-0.4, -0.2) is 18.5 Å². The molecule has 92 valence electrons. The standard InChI is InChI=1S/C14H11FO3/c1-18-14-5-3-11(15)7-12(14)9-2-4-13(17)10(6-9)8-16/h2-8,17H,1H3. The minimum absolute atomic E-state index is 0.107. The van der Waals surface area contributed by atoms with Gasteiger partial charge in [0, 0.05) is 5.56 Å². The molecule has 1 N–H and O–H groups in total. The number of methoxy groups -OCH3 is 1. The smallest absolute Gasteiger partial charge is 0.153 e. The quantitative estimate of drug-likeness (QED) is 0.847. The third-order valence-corrected chi connectivity index (χ3v) is 2.63. The molecule has 0 radical (unpaired) electrons. The van der Waals surface area contributed by atoms with Crippen LogP contribution in [0.4, 0.5) is 4.39 Å². The van der Waals surface area contributed by atoms with Gasteiger partial charge < -0.3 is 9.84 Å². The number of phenols is 1. The Labute approximate surface area is 103 Å². The largest absolute Gasteiger partial charge is 0.507 e. The third kappa shape index (κ3) is 2.18. The maximum absolute atomic E-state index is 13.3. The van der Waals surface area contributed by atoms with Gasteiger partial charge in [-0.1, -0.05) is 6.07 Å². The van der Waals surface area contributed by atoms with Gasteiger partial charge in [0.05, 0.1) is 12.7 Å². The molecule has 0 aliphatic carbocycles. The van der Waals surface area contributed by atoms with E-state index in [2.05, 4.69) is 0 Å². The maximum Gasteiger partial charge on any atom is 0.153 e. The molecule has 2 aromatic carbocycles. The average molecular weight is 246 g/mol. The summed E-state index contributed by atoms with van der Waals surface area (Å²) in [5, 5.41) is 9.43. The fourth-order valence-electron chi connectivity index (χ4n) is 1.72. The Kier molecular flexibility index (Phi) is 3.28. The van der Waals surface area contributed by atoms with E-state index in [0.717, 1.165) is 0 Å². The predicted molar refractivity (Wildman–Crippen MR) is 65.4 cm³/mol. The average Bonchev–Trinajstić information content (AvgIpc) is 2.39. The number of hydrogen-bond acceptors (Lipinski definition) is 3. The summed E-state index contributed by atoms with van der Waals surface area (Å²) in [4.78, 5) is 10.8. The van der Waals surface area contributed by atoms with Crippen molar-refractivity contribution >= 4 is 6.29 Å². The monoisotopic (exact) mass is 246 g/mol. The molecular formula is C14H11FO3. The van der Waals surface area contributed by atoms with Crippen molar-refractivity contribution in [2.24, 2.45) is 0 Å². The lowest BCUT2D eigenvalue weighted by Crippen LogP contribution is -1.90. The summed E-state index contributed by atoms with van der Waals surface area (Å²) in [6.07, 6.45) is 0.546. The summed E-state index contributed by atoms with van der Waals surface area (Å²) in [6, 6.07) is 8.60. The summed E-state index contributed by atoms with van der Waals surface area (Å²) < 4.78 is 18.4. The third-order valence-electron chi connectivity index (χ3n) is 2.63. The van der Waals surface area contributed by atoms with Gasteiger partial charge in [0.15, 0.2) is 6.29 Å². The second-order valence-electron chi connectivity index (χ2n) is 3.74. The van der Waals surface area contributed by atoms with Gasteiger partial charge in [-0.2, -0.15) is 0 Å². The molecule has 0 heterocycles. The first kappa shape index (κ1) is 12.1. The Morgan fingerprint density at radius 1 is 1.22 bits per heavy atom. The molecular weight excluding hydrogens is 235 g/mol. The van der Waals surface area contributed by atoms with E-state index in [4.69, 9.17) is 4.74 Å². The van der Waals surface area contributed by atoms with E-state index in [-0.39, 0.29) is 11.3 Å². The first-order chi connectivity index (χ1) is 8.65. The lowest BCUT2D eigenvalue weighted by Gasteiger charge is -2.09. The van der Waals surface area contributed by atoms with Crippen LogP contribution in [0, 0.1) is 5.82 Å². The summed E-state index contributed by atoms with van der Waals surface area (Å²) in [5.41, 5.74) is 1.28. The number of hydrogen-bond donors (Lipinski definition) is 1. The molecule has 0 aliphatic rings. The molecule has 2 rings (SSSR count). The van der Waals surface area contributed by atoms with Crippen LogP contribution >= 0.6 is 0 Å². The van der Waals surface area contributed by atoms with E-state index in [1.165, 1.54) is 37.4 Å². The van der Waals surface area contributed by atoms with Crippen LogP contribution < -0.4 is 4.74 Å². The molecule has 4 heteroatoms. The van der Waals surface area contributed by atoms with Gasteiger partial charge in [-0.05, 0) is 35.9 Å². The van der Waals surface area contributed by atoms with Crippen molar-refractivity contribution in [2.75, 3.05) is 7.11 Å². The minimum Gasteiger partial charge on any atom is -0.507 e. The van der Waals surface area contributed by atoms with Crippen LogP contribution in [0.2, 0.25) is 0 Å². The highest BCUT2D eigenvalue weighted by molar-refractivity contribution is 5.83. The van der Waals surface area contributed by atoms with E-state index in [1.54, 1.807) is 6.07 Å². The highest BCUT2D eigenvalue weighted by Gasteiger charge is 2.09. The van der Waals surface area contributed by atoms with E-state index in [9.17, 15) is 14.3 Å². The summed E-state index contributed by atoms with van der Waals surface area (Å²) in [6.45, 7) is 0. The number of aromatic hydroxyl groups is 1. The molecule has 18 heavy (non-hydrogen) atoms. The number of aldehydes is 1. The fraction of sp³-hybridized carbons (Fsp3) is 0.0714. The van der Waals surface area contributed by atoms with Crippen molar-refractivity contribution in [3.63, 3.8) is 0 Å². The Bertz CT molecular complexity index is 594. The predicted octanol–water partition coefficient (Wildman–Crippen LogP) is 3.02. The molecule has 2 aromatic rings. The number of ether oxygens (including phenoxy) is 1. The van der Waals surface area contributed by atoms with E-state index in [1.807, 2.05) is 0 Å². The van der Waals surface area contributed by atoms with Crippen molar-refractivity contribution in [2.45, 2.75) is 0 Å². The zero-order valence-electron chi connectivity index (χ0n) is 9.68. The van der Waals surface area contributed by atoms with Crippen molar-refractivity contribution in [1.29, 1.82) is 0 Å². The van der Waals surface area contributed by atoms with Crippen molar-refractivity contribution in [3.05, 3.63) is 47.8 Å². The normalized spacial score (nSPS) is 10.1. The summed E-state index contributed by atoms with van der Waals surface area (Å²) >= 11 is 0. The van der Waals surface area contributed by atoms with Crippen LogP contribution in [0.5, 0.6) is 11.5 Å². The molecule has 0 aromatic heterocycles. The lowest BCUT2D eigenvalue weighted by atomic mass is 10.0. The second-order valence-corrected chi connectivity index (χ2v) is 3.74. The van der Waals surface area contributed by atoms with Crippen LogP contribution in [-0.2, 0) is 0 Å². The van der Waals surface area contributed by atoms with Crippen LogP contribution in [0.1, 0.15) is 10.4 Å². The van der Waals surface area contributed by atoms with Gasteiger partial charge in [0.2, 0.25) is 0 Å². The summed E-state index contributed by atoms with van der Waals surface area (Å²) in [7, 11) is 1.48. The number of halogens is 1. The Hall–Kier alpha value is -2.36. The number of carbonyl (C=O) groups excluding carboxylic acids is 1. The van der Waals surface area contributed by atoms with Crippen LogP contribution in [0.25, 0.3) is 11.1 Å². The number of rotatable bonds is 3.